The second-order valence-electron chi connectivity index (χ2n) is 6.06. The summed E-state index contributed by atoms with van der Waals surface area (Å²) in [6, 6.07) is 0. The minimum absolute atomic E-state index is 0.0992. The molecule has 112 valence electrons. The van der Waals surface area contributed by atoms with E-state index in [0.29, 0.717) is 5.91 Å². The normalized spacial score (nSPS) is 18.9. The maximum absolute atomic E-state index is 12.2. The average Bonchev–Trinajstić information content (AvgIpc) is 2.42. The zero-order valence-electron chi connectivity index (χ0n) is 13.1. The van der Waals surface area contributed by atoms with Gasteiger partial charge in [0, 0.05) is 38.6 Å². The highest BCUT2D eigenvalue weighted by Crippen LogP contribution is 2.09. The molecule has 1 atom stereocenters. The number of hydrogen-bond acceptors (Lipinski definition) is 3. The van der Waals surface area contributed by atoms with Gasteiger partial charge in [0.2, 0.25) is 5.91 Å². The second-order valence-corrected chi connectivity index (χ2v) is 6.06. The van der Waals surface area contributed by atoms with Gasteiger partial charge in [0.05, 0.1) is 0 Å². The van der Waals surface area contributed by atoms with E-state index in [0.717, 1.165) is 45.2 Å². The first-order valence-electron chi connectivity index (χ1n) is 7.76. The third-order valence-corrected chi connectivity index (χ3v) is 3.83. The quantitative estimate of drug-likeness (QED) is 0.759. The zero-order chi connectivity index (χ0) is 14.3. The van der Waals surface area contributed by atoms with Crippen LogP contribution in [0.5, 0.6) is 0 Å². The van der Waals surface area contributed by atoms with Crippen LogP contribution in [0.1, 0.15) is 34.1 Å². The smallest absolute Gasteiger partial charge is 0.226 e. The van der Waals surface area contributed by atoms with E-state index in [1.54, 1.807) is 0 Å². The van der Waals surface area contributed by atoms with Gasteiger partial charge in [-0.2, -0.15) is 0 Å². The Morgan fingerprint density at radius 3 is 2.32 bits per heavy atom. The highest BCUT2D eigenvalue weighted by Gasteiger charge is 2.24. The molecule has 1 saturated heterocycles. The van der Waals surface area contributed by atoms with Crippen molar-refractivity contribution in [1.29, 1.82) is 0 Å². The van der Waals surface area contributed by atoms with Crippen LogP contribution in [0, 0.1) is 11.8 Å². The van der Waals surface area contributed by atoms with Gasteiger partial charge in [-0.1, -0.05) is 27.7 Å². The molecule has 0 spiro atoms. The molecule has 0 aromatic carbocycles. The van der Waals surface area contributed by atoms with Gasteiger partial charge >= 0.3 is 0 Å². The first kappa shape index (κ1) is 16.4. The van der Waals surface area contributed by atoms with Crippen LogP contribution < -0.4 is 5.32 Å². The van der Waals surface area contributed by atoms with Crippen molar-refractivity contribution in [3.63, 3.8) is 0 Å². The van der Waals surface area contributed by atoms with Crippen molar-refractivity contribution >= 4 is 5.91 Å². The van der Waals surface area contributed by atoms with E-state index in [4.69, 9.17) is 0 Å². The Bertz CT molecular complexity index is 260. The van der Waals surface area contributed by atoms with E-state index in [1.165, 1.54) is 13.0 Å². The van der Waals surface area contributed by atoms with Crippen LogP contribution in [-0.4, -0.2) is 61.5 Å². The molecular weight excluding hydrogens is 238 g/mol. The molecule has 1 N–H and O–H groups in total. The first-order chi connectivity index (χ1) is 9.04. The largest absolute Gasteiger partial charge is 0.340 e. The van der Waals surface area contributed by atoms with E-state index in [9.17, 15) is 4.79 Å². The third kappa shape index (κ3) is 5.91. The second kappa shape index (κ2) is 8.54. The Morgan fingerprint density at radius 2 is 1.79 bits per heavy atom. The molecular formula is C15H31N3O. The Kier molecular flexibility index (Phi) is 7.39. The van der Waals surface area contributed by atoms with Crippen LogP contribution in [0.4, 0.5) is 0 Å². The Balaban J connectivity index is 2.26. The minimum atomic E-state index is 0.0992. The summed E-state index contributed by atoms with van der Waals surface area (Å²) in [7, 11) is 0. The van der Waals surface area contributed by atoms with Crippen molar-refractivity contribution in [1.82, 2.24) is 15.1 Å². The van der Waals surface area contributed by atoms with E-state index in [1.807, 2.05) is 11.8 Å². The molecule has 1 aliphatic heterocycles. The van der Waals surface area contributed by atoms with E-state index in [2.05, 4.69) is 31.0 Å². The molecule has 4 heteroatoms. The van der Waals surface area contributed by atoms with Crippen molar-refractivity contribution in [2.24, 2.45) is 11.8 Å². The number of rotatable bonds is 7. The number of amides is 1. The van der Waals surface area contributed by atoms with Gasteiger partial charge in [0.25, 0.3) is 0 Å². The fourth-order valence-corrected chi connectivity index (χ4v) is 2.39. The number of nitrogens with zero attached hydrogens (tertiary/aromatic N) is 2. The first-order valence-corrected chi connectivity index (χ1v) is 7.76. The van der Waals surface area contributed by atoms with Crippen LogP contribution in [0.25, 0.3) is 0 Å². The lowest BCUT2D eigenvalue weighted by Gasteiger charge is -2.36. The van der Waals surface area contributed by atoms with Crippen molar-refractivity contribution < 1.29 is 4.79 Å². The lowest BCUT2D eigenvalue weighted by molar-refractivity contribution is -0.136. The minimum Gasteiger partial charge on any atom is -0.340 e. The predicted octanol–water partition coefficient (Wildman–Crippen LogP) is 1.42. The van der Waals surface area contributed by atoms with Gasteiger partial charge in [-0.25, -0.2) is 0 Å². The van der Waals surface area contributed by atoms with Crippen molar-refractivity contribution in [3.05, 3.63) is 0 Å². The Morgan fingerprint density at radius 1 is 1.16 bits per heavy atom. The van der Waals surface area contributed by atoms with Gasteiger partial charge in [-0.05, 0) is 25.4 Å². The number of nitrogens with one attached hydrogen (secondary N) is 1. The summed E-state index contributed by atoms with van der Waals surface area (Å²) >= 11 is 0. The zero-order valence-corrected chi connectivity index (χ0v) is 13.1. The summed E-state index contributed by atoms with van der Waals surface area (Å²) in [5.74, 6) is 1.17. The van der Waals surface area contributed by atoms with Crippen molar-refractivity contribution in [3.8, 4) is 0 Å². The van der Waals surface area contributed by atoms with Crippen molar-refractivity contribution in [2.75, 3.05) is 45.8 Å². The molecule has 0 aliphatic carbocycles. The van der Waals surface area contributed by atoms with Crippen LogP contribution in [0.2, 0.25) is 0 Å². The number of carbonyl (C=O) groups is 1. The van der Waals surface area contributed by atoms with Crippen LogP contribution in [-0.2, 0) is 4.79 Å². The van der Waals surface area contributed by atoms with E-state index < -0.39 is 0 Å². The van der Waals surface area contributed by atoms with Crippen molar-refractivity contribution in [2.45, 2.75) is 34.1 Å². The number of piperazine rings is 1. The van der Waals surface area contributed by atoms with E-state index >= 15 is 0 Å². The monoisotopic (exact) mass is 269 g/mol. The molecule has 0 aromatic rings. The summed E-state index contributed by atoms with van der Waals surface area (Å²) in [5, 5.41) is 3.25. The average molecular weight is 269 g/mol. The summed E-state index contributed by atoms with van der Waals surface area (Å²) < 4.78 is 0. The summed E-state index contributed by atoms with van der Waals surface area (Å²) in [6.07, 6.45) is 1.25. The highest BCUT2D eigenvalue weighted by atomic mass is 16.2. The molecule has 1 unspecified atom stereocenters. The third-order valence-electron chi connectivity index (χ3n) is 3.83. The molecule has 1 heterocycles. The molecule has 19 heavy (non-hydrogen) atoms. The molecule has 1 amide bonds. The fraction of sp³-hybridized carbons (Fsp3) is 0.933. The summed E-state index contributed by atoms with van der Waals surface area (Å²) in [4.78, 5) is 16.8. The summed E-state index contributed by atoms with van der Waals surface area (Å²) in [5.41, 5.74) is 0. The SMILES string of the molecule is CCNCC(C)C(=O)N1CCN(CCC(C)C)CC1. The maximum Gasteiger partial charge on any atom is 0.226 e. The molecule has 0 saturated carbocycles. The Hall–Kier alpha value is -0.610. The molecule has 0 bridgehead atoms. The predicted molar refractivity (Wildman–Crippen MR) is 80.2 cm³/mol. The van der Waals surface area contributed by atoms with Gasteiger partial charge < -0.3 is 10.2 Å². The van der Waals surface area contributed by atoms with Gasteiger partial charge in [0.15, 0.2) is 0 Å². The molecule has 0 radical (unpaired) electrons. The van der Waals surface area contributed by atoms with E-state index in [-0.39, 0.29) is 5.92 Å². The van der Waals surface area contributed by atoms with Gasteiger partial charge in [-0.15, -0.1) is 0 Å². The molecule has 0 aromatic heterocycles. The van der Waals surface area contributed by atoms with Crippen LogP contribution in [0.3, 0.4) is 0 Å². The highest BCUT2D eigenvalue weighted by molar-refractivity contribution is 5.78. The fourth-order valence-electron chi connectivity index (χ4n) is 2.39. The molecule has 1 fully saturated rings. The van der Waals surface area contributed by atoms with Gasteiger partial charge in [0.1, 0.15) is 0 Å². The Labute approximate surface area is 118 Å². The standard InChI is InChI=1S/C15H31N3O/c1-5-16-12-14(4)15(19)18-10-8-17(9-11-18)7-6-13(2)3/h13-14,16H,5-12H2,1-4H3. The lowest BCUT2D eigenvalue weighted by Crippen LogP contribution is -2.51. The topological polar surface area (TPSA) is 35.6 Å². The van der Waals surface area contributed by atoms with Crippen LogP contribution in [0.15, 0.2) is 0 Å². The molecule has 1 aliphatic rings. The molecule has 1 rings (SSSR count). The number of carbonyl (C=O) groups excluding carboxylic acids is 1. The summed E-state index contributed by atoms with van der Waals surface area (Å²) in [6.45, 7) is 15.4. The number of hydrogen-bond donors (Lipinski definition) is 1. The lowest BCUT2D eigenvalue weighted by atomic mass is 10.1. The van der Waals surface area contributed by atoms with Crippen LogP contribution >= 0.6 is 0 Å². The molecule has 4 nitrogen and oxygen atoms in total. The van der Waals surface area contributed by atoms with Gasteiger partial charge in [-0.3, -0.25) is 9.69 Å². The maximum atomic E-state index is 12.2.